The molecule has 2 aromatic rings. The molecule has 0 bridgehead atoms. The molecule has 1 unspecified atom stereocenters. The van der Waals surface area contributed by atoms with E-state index in [4.69, 9.17) is 5.73 Å². The van der Waals surface area contributed by atoms with Gasteiger partial charge in [-0.2, -0.15) is 0 Å². The fourth-order valence-electron chi connectivity index (χ4n) is 3.01. The molecule has 8 nitrogen and oxygen atoms in total. The van der Waals surface area contributed by atoms with Crippen LogP contribution >= 0.6 is 0 Å². The first-order valence-electron chi connectivity index (χ1n) is 8.57. The number of nitrogens with zero attached hydrogens (tertiary/aromatic N) is 3. The van der Waals surface area contributed by atoms with Crippen molar-refractivity contribution >= 4 is 27.3 Å². The number of rotatable bonds is 5. The third-order valence-electron chi connectivity index (χ3n) is 4.45. The quantitative estimate of drug-likeness (QED) is 0.683. The standard InChI is InChI=1S/C17H24N6O2S/c1-12-5-7-14(8-6-12)26(24,25)22-21-16-15(18)17(20-11-19-16)23-9-3-4-13(2)10-23/h5-8,11,13,22H,3-4,9-10,18H2,1-2H3,(H,19,20,21). The van der Waals surface area contributed by atoms with Gasteiger partial charge >= 0.3 is 0 Å². The van der Waals surface area contributed by atoms with Crippen LogP contribution in [0.4, 0.5) is 17.3 Å². The van der Waals surface area contributed by atoms with Crippen LogP contribution in [0.2, 0.25) is 0 Å². The summed E-state index contributed by atoms with van der Waals surface area (Å²) in [5, 5.41) is 0. The minimum atomic E-state index is -3.73. The van der Waals surface area contributed by atoms with E-state index in [9.17, 15) is 8.42 Å². The van der Waals surface area contributed by atoms with E-state index >= 15 is 0 Å². The lowest BCUT2D eigenvalue weighted by atomic mass is 10.0. The largest absolute Gasteiger partial charge is 0.393 e. The maximum atomic E-state index is 12.4. The molecule has 1 saturated heterocycles. The second-order valence-electron chi connectivity index (χ2n) is 6.70. The Balaban J connectivity index is 1.76. The number of hydrogen-bond acceptors (Lipinski definition) is 7. The van der Waals surface area contributed by atoms with Crippen molar-refractivity contribution in [2.24, 2.45) is 5.92 Å². The van der Waals surface area contributed by atoms with Gasteiger partial charge in [0.25, 0.3) is 10.0 Å². The number of piperidine rings is 1. The van der Waals surface area contributed by atoms with E-state index in [-0.39, 0.29) is 10.7 Å². The minimum absolute atomic E-state index is 0.160. The molecule has 9 heteroatoms. The average Bonchev–Trinajstić information content (AvgIpc) is 2.61. The Morgan fingerprint density at radius 2 is 1.96 bits per heavy atom. The zero-order valence-corrected chi connectivity index (χ0v) is 15.8. The monoisotopic (exact) mass is 376 g/mol. The average molecular weight is 376 g/mol. The van der Waals surface area contributed by atoms with Crippen LogP contribution in [0.15, 0.2) is 35.5 Å². The fraction of sp³-hybridized carbons (Fsp3) is 0.412. The molecule has 26 heavy (non-hydrogen) atoms. The molecule has 1 aromatic heterocycles. The topological polar surface area (TPSA) is 113 Å². The van der Waals surface area contributed by atoms with E-state index in [1.54, 1.807) is 24.3 Å². The second kappa shape index (κ2) is 7.46. The van der Waals surface area contributed by atoms with Crippen molar-refractivity contribution in [2.45, 2.75) is 31.6 Å². The third kappa shape index (κ3) is 4.05. The number of aromatic nitrogens is 2. The molecule has 1 atom stereocenters. The molecule has 1 aliphatic heterocycles. The summed E-state index contributed by atoms with van der Waals surface area (Å²) in [6, 6.07) is 6.57. The molecule has 2 heterocycles. The molecule has 0 aliphatic carbocycles. The number of anilines is 3. The Morgan fingerprint density at radius 3 is 2.65 bits per heavy atom. The molecule has 1 fully saturated rings. The van der Waals surface area contributed by atoms with Crippen LogP contribution in [-0.2, 0) is 10.0 Å². The highest BCUT2D eigenvalue weighted by atomic mass is 32.2. The van der Waals surface area contributed by atoms with Gasteiger partial charge in [-0.25, -0.2) is 18.4 Å². The summed E-state index contributed by atoms with van der Waals surface area (Å²) in [7, 11) is -3.73. The Hall–Kier alpha value is -2.39. The lowest BCUT2D eigenvalue weighted by Crippen LogP contribution is -2.36. The van der Waals surface area contributed by atoms with Crippen molar-refractivity contribution in [1.82, 2.24) is 14.8 Å². The van der Waals surface area contributed by atoms with E-state index in [2.05, 4.69) is 32.0 Å². The van der Waals surface area contributed by atoms with Gasteiger partial charge in [-0.1, -0.05) is 24.6 Å². The zero-order chi connectivity index (χ0) is 18.7. The van der Waals surface area contributed by atoms with Crippen LogP contribution in [0, 0.1) is 12.8 Å². The Bertz CT molecular complexity index is 869. The predicted octanol–water partition coefficient (Wildman–Crippen LogP) is 1.91. The molecule has 3 rings (SSSR count). The molecular formula is C17H24N6O2S. The van der Waals surface area contributed by atoms with E-state index in [1.807, 2.05) is 6.92 Å². The van der Waals surface area contributed by atoms with Crippen LogP contribution in [0.5, 0.6) is 0 Å². The third-order valence-corrected chi connectivity index (χ3v) is 5.72. The van der Waals surface area contributed by atoms with Crippen LogP contribution < -0.4 is 20.9 Å². The number of nitrogens with two attached hydrogens (primary N) is 1. The van der Waals surface area contributed by atoms with Crippen molar-refractivity contribution in [2.75, 3.05) is 29.1 Å². The maximum absolute atomic E-state index is 12.4. The molecule has 0 radical (unpaired) electrons. The highest BCUT2D eigenvalue weighted by molar-refractivity contribution is 7.89. The highest BCUT2D eigenvalue weighted by Crippen LogP contribution is 2.29. The number of aryl methyl sites for hydroxylation is 1. The summed E-state index contributed by atoms with van der Waals surface area (Å²) in [6.45, 7) is 5.83. The van der Waals surface area contributed by atoms with Crippen molar-refractivity contribution in [3.05, 3.63) is 36.2 Å². The number of sulfonamides is 1. The molecule has 0 spiro atoms. The van der Waals surface area contributed by atoms with Crippen LogP contribution in [0.3, 0.4) is 0 Å². The van der Waals surface area contributed by atoms with Crippen molar-refractivity contribution in [3.8, 4) is 0 Å². The Labute approximate surface area is 153 Å². The van der Waals surface area contributed by atoms with Gasteiger partial charge < -0.3 is 10.6 Å². The zero-order valence-electron chi connectivity index (χ0n) is 14.9. The molecule has 1 aromatic carbocycles. The first-order chi connectivity index (χ1) is 12.4. The Morgan fingerprint density at radius 1 is 1.23 bits per heavy atom. The first kappa shape index (κ1) is 18.4. The highest BCUT2D eigenvalue weighted by Gasteiger charge is 2.22. The smallest absolute Gasteiger partial charge is 0.257 e. The number of nitrogen functional groups attached to an aromatic ring is 1. The van der Waals surface area contributed by atoms with Gasteiger partial charge in [-0.3, -0.25) is 5.43 Å². The van der Waals surface area contributed by atoms with Gasteiger partial charge in [0.15, 0.2) is 11.6 Å². The van der Waals surface area contributed by atoms with E-state index in [0.29, 0.717) is 17.4 Å². The van der Waals surface area contributed by atoms with Gasteiger partial charge in [0.05, 0.1) is 4.90 Å². The summed E-state index contributed by atoms with van der Waals surface area (Å²) in [5.41, 5.74) is 10.1. The SMILES string of the molecule is Cc1ccc(S(=O)(=O)NNc2ncnc(N3CCCC(C)C3)c2N)cc1. The van der Waals surface area contributed by atoms with Crippen LogP contribution in [0.1, 0.15) is 25.3 Å². The number of nitrogens with one attached hydrogen (secondary N) is 2. The lowest BCUT2D eigenvalue weighted by molar-refractivity contribution is 0.445. The first-order valence-corrected chi connectivity index (χ1v) is 10.0. The van der Waals surface area contributed by atoms with E-state index < -0.39 is 10.0 Å². The van der Waals surface area contributed by atoms with E-state index in [0.717, 1.165) is 25.1 Å². The normalized spacial score (nSPS) is 17.9. The molecule has 4 N–H and O–H groups in total. The van der Waals surface area contributed by atoms with E-state index in [1.165, 1.54) is 12.7 Å². The molecular weight excluding hydrogens is 352 g/mol. The molecule has 0 saturated carbocycles. The van der Waals surface area contributed by atoms with Crippen LogP contribution in [0.25, 0.3) is 0 Å². The molecule has 140 valence electrons. The summed E-state index contributed by atoms with van der Waals surface area (Å²) < 4.78 is 24.8. The van der Waals surface area contributed by atoms with Gasteiger partial charge in [-0.05, 0) is 37.8 Å². The number of hydrogen-bond donors (Lipinski definition) is 3. The van der Waals surface area contributed by atoms with Crippen molar-refractivity contribution in [1.29, 1.82) is 0 Å². The van der Waals surface area contributed by atoms with Gasteiger partial charge in [0, 0.05) is 13.1 Å². The summed E-state index contributed by atoms with van der Waals surface area (Å²) in [5.74, 6) is 1.43. The second-order valence-corrected chi connectivity index (χ2v) is 8.38. The molecule has 1 aliphatic rings. The molecule has 0 amide bonds. The van der Waals surface area contributed by atoms with Crippen molar-refractivity contribution in [3.63, 3.8) is 0 Å². The van der Waals surface area contributed by atoms with Crippen molar-refractivity contribution < 1.29 is 8.42 Å². The summed E-state index contributed by atoms with van der Waals surface area (Å²) in [4.78, 5) is 12.9. The summed E-state index contributed by atoms with van der Waals surface area (Å²) in [6.07, 6.45) is 3.64. The van der Waals surface area contributed by atoms with Gasteiger partial charge in [0.1, 0.15) is 12.0 Å². The van der Waals surface area contributed by atoms with Gasteiger partial charge in [-0.15, -0.1) is 4.83 Å². The Kier molecular flexibility index (Phi) is 5.28. The fourth-order valence-corrected chi connectivity index (χ4v) is 3.85. The predicted molar refractivity (Wildman–Crippen MR) is 102 cm³/mol. The minimum Gasteiger partial charge on any atom is -0.393 e. The summed E-state index contributed by atoms with van der Waals surface area (Å²) >= 11 is 0. The van der Waals surface area contributed by atoms with Gasteiger partial charge in [0.2, 0.25) is 0 Å². The number of benzene rings is 1. The lowest BCUT2D eigenvalue weighted by Gasteiger charge is -2.32. The maximum Gasteiger partial charge on any atom is 0.257 e. The van der Waals surface area contributed by atoms with Crippen LogP contribution in [-0.4, -0.2) is 31.5 Å². The number of hydrazine groups is 1.